The van der Waals surface area contributed by atoms with E-state index in [1.807, 2.05) is 6.07 Å². The zero-order valence-corrected chi connectivity index (χ0v) is 20.2. The highest BCUT2D eigenvalue weighted by atomic mass is 35.5. The van der Waals surface area contributed by atoms with E-state index in [2.05, 4.69) is 36.7 Å². The summed E-state index contributed by atoms with van der Waals surface area (Å²) in [6.07, 6.45) is 8.80. The van der Waals surface area contributed by atoms with Crippen LogP contribution in [0.2, 0.25) is 0 Å². The Morgan fingerprint density at radius 3 is 2.45 bits per heavy atom. The highest BCUT2D eigenvalue weighted by Gasteiger charge is 2.48. The Morgan fingerprint density at radius 2 is 1.79 bits per heavy atom. The Bertz CT molecular complexity index is 889. The van der Waals surface area contributed by atoms with Crippen LogP contribution in [0.3, 0.4) is 0 Å². The van der Waals surface area contributed by atoms with Crippen LogP contribution in [0.5, 0.6) is 0 Å². The van der Waals surface area contributed by atoms with Crippen LogP contribution in [0.4, 0.5) is 22.2 Å². The Kier molecular flexibility index (Phi) is 8.53. The fourth-order valence-electron chi connectivity index (χ4n) is 4.87. The van der Waals surface area contributed by atoms with Gasteiger partial charge in [0.25, 0.3) is 0 Å². The molecule has 11 heteroatoms. The number of hydrogen-bond donors (Lipinski definition) is 1. The van der Waals surface area contributed by atoms with Gasteiger partial charge in [-0.3, -0.25) is 4.90 Å². The van der Waals surface area contributed by atoms with Crippen LogP contribution >= 0.6 is 24.8 Å². The lowest BCUT2D eigenvalue weighted by Gasteiger charge is -2.35. The van der Waals surface area contributed by atoms with Gasteiger partial charge in [-0.25, -0.2) is 4.79 Å². The molecular formula is C22H31Cl2N7O2. The molecule has 3 aliphatic rings. The van der Waals surface area contributed by atoms with E-state index in [1.165, 1.54) is 19.3 Å². The van der Waals surface area contributed by atoms with Gasteiger partial charge in [0, 0.05) is 25.8 Å². The molecule has 33 heavy (non-hydrogen) atoms. The SMILES string of the molecule is Cl.Cl.O=C1O[C@]2(CC[C@H](CNc3ccc(N4CCCCC4)nn3)CC2)CN1c1cccnn1. The van der Waals surface area contributed by atoms with Crippen molar-refractivity contribution in [2.75, 3.05) is 41.3 Å². The van der Waals surface area contributed by atoms with E-state index in [-0.39, 0.29) is 30.9 Å². The minimum absolute atomic E-state index is 0. The molecule has 1 saturated carbocycles. The van der Waals surface area contributed by atoms with E-state index in [1.54, 1.807) is 23.2 Å². The van der Waals surface area contributed by atoms with Crippen molar-refractivity contribution in [2.45, 2.75) is 50.5 Å². The Morgan fingerprint density at radius 1 is 1.00 bits per heavy atom. The van der Waals surface area contributed by atoms with E-state index >= 15 is 0 Å². The molecule has 2 saturated heterocycles. The van der Waals surface area contributed by atoms with Crippen molar-refractivity contribution in [3.05, 3.63) is 30.5 Å². The quantitative estimate of drug-likeness (QED) is 0.661. The molecule has 2 aliphatic heterocycles. The molecule has 2 aromatic rings. The molecule has 1 spiro atoms. The predicted octanol–water partition coefficient (Wildman–Crippen LogP) is 4.10. The van der Waals surface area contributed by atoms with Crippen molar-refractivity contribution in [2.24, 2.45) is 5.92 Å². The van der Waals surface area contributed by atoms with Crippen molar-refractivity contribution in [3.8, 4) is 0 Å². The summed E-state index contributed by atoms with van der Waals surface area (Å²) in [4.78, 5) is 16.3. The first-order valence-electron chi connectivity index (χ1n) is 11.3. The Hall–Kier alpha value is -2.39. The van der Waals surface area contributed by atoms with E-state index in [9.17, 15) is 4.79 Å². The van der Waals surface area contributed by atoms with Crippen molar-refractivity contribution in [1.82, 2.24) is 20.4 Å². The summed E-state index contributed by atoms with van der Waals surface area (Å²) >= 11 is 0. The molecule has 0 radical (unpaired) electrons. The van der Waals surface area contributed by atoms with Gasteiger partial charge in [0.15, 0.2) is 11.6 Å². The number of halogens is 2. The zero-order chi connectivity index (χ0) is 21.1. The van der Waals surface area contributed by atoms with Crippen molar-refractivity contribution < 1.29 is 9.53 Å². The molecule has 0 atom stereocenters. The maximum Gasteiger partial charge on any atom is 0.416 e. The third kappa shape index (κ3) is 5.76. The molecule has 1 N–H and O–H groups in total. The molecule has 1 aliphatic carbocycles. The molecular weight excluding hydrogens is 465 g/mol. The lowest BCUT2D eigenvalue weighted by molar-refractivity contribution is 0.0148. The first kappa shape index (κ1) is 25.2. The van der Waals surface area contributed by atoms with Gasteiger partial charge < -0.3 is 15.0 Å². The molecule has 0 aromatic carbocycles. The van der Waals surface area contributed by atoms with Gasteiger partial charge in [-0.15, -0.1) is 40.1 Å². The van der Waals surface area contributed by atoms with Crippen LogP contribution in [-0.4, -0.2) is 58.3 Å². The lowest BCUT2D eigenvalue weighted by Crippen LogP contribution is -2.39. The molecule has 1 amide bonds. The van der Waals surface area contributed by atoms with Crippen LogP contribution < -0.4 is 15.1 Å². The maximum absolute atomic E-state index is 12.4. The van der Waals surface area contributed by atoms with Crippen LogP contribution in [0.25, 0.3) is 0 Å². The Balaban J connectivity index is 0.00000153. The van der Waals surface area contributed by atoms with Gasteiger partial charge in [0.2, 0.25) is 0 Å². The second-order valence-corrected chi connectivity index (χ2v) is 8.87. The third-order valence-corrected chi connectivity index (χ3v) is 6.72. The molecule has 180 valence electrons. The summed E-state index contributed by atoms with van der Waals surface area (Å²) in [6.45, 7) is 3.55. The number of aromatic nitrogens is 4. The summed E-state index contributed by atoms with van der Waals surface area (Å²) < 4.78 is 5.81. The number of piperidine rings is 1. The molecule has 3 fully saturated rings. The number of amides is 1. The normalized spacial score (nSPS) is 24.6. The predicted molar refractivity (Wildman–Crippen MR) is 132 cm³/mol. The Labute approximate surface area is 206 Å². The van der Waals surface area contributed by atoms with Crippen molar-refractivity contribution in [1.29, 1.82) is 0 Å². The van der Waals surface area contributed by atoms with Gasteiger partial charge in [0.05, 0.1) is 6.54 Å². The zero-order valence-electron chi connectivity index (χ0n) is 18.6. The summed E-state index contributed by atoms with van der Waals surface area (Å²) in [5.41, 5.74) is -0.402. The number of rotatable bonds is 5. The summed E-state index contributed by atoms with van der Waals surface area (Å²) in [6, 6.07) is 7.67. The average molecular weight is 496 g/mol. The minimum Gasteiger partial charge on any atom is -0.441 e. The second-order valence-electron chi connectivity index (χ2n) is 8.87. The van der Waals surface area contributed by atoms with Gasteiger partial charge in [0.1, 0.15) is 11.4 Å². The number of carbonyl (C=O) groups is 1. The second kappa shape index (κ2) is 11.2. The first-order valence-corrected chi connectivity index (χ1v) is 11.3. The maximum atomic E-state index is 12.4. The topological polar surface area (TPSA) is 96.4 Å². The fraction of sp³-hybridized carbons (Fsp3) is 0.591. The molecule has 0 unspecified atom stereocenters. The van der Waals surface area contributed by atoms with Crippen LogP contribution in [-0.2, 0) is 4.74 Å². The molecule has 0 bridgehead atoms. The highest BCUT2D eigenvalue weighted by molar-refractivity contribution is 5.89. The fourth-order valence-corrected chi connectivity index (χ4v) is 4.87. The van der Waals surface area contributed by atoms with E-state index < -0.39 is 5.60 Å². The van der Waals surface area contributed by atoms with Gasteiger partial charge >= 0.3 is 6.09 Å². The minimum atomic E-state index is -0.402. The summed E-state index contributed by atoms with van der Waals surface area (Å²) in [5, 5.41) is 20.1. The summed E-state index contributed by atoms with van der Waals surface area (Å²) in [5.74, 6) is 2.88. The van der Waals surface area contributed by atoms with Crippen molar-refractivity contribution >= 4 is 48.4 Å². The highest BCUT2D eigenvalue weighted by Crippen LogP contribution is 2.40. The number of hydrogen-bond acceptors (Lipinski definition) is 8. The van der Waals surface area contributed by atoms with Crippen LogP contribution in [0.15, 0.2) is 30.5 Å². The molecule has 4 heterocycles. The van der Waals surface area contributed by atoms with Crippen LogP contribution in [0, 0.1) is 5.92 Å². The van der Waals surface area contributed by atoms with E-state index in [0.29, 0.717) is 18.3 Å². The average Bonchev–Trinajstić information content (AvgIpc) is 3.16. The monoisotopic (exact) mass is 495 g/mol. The number of ether oxygens (including phenoxy) is 1. The largest absolute Gasteiger partial charge is 0.441 e. The standard InChI is InChI=1S/C22H29N7O2.2ClH/c30-21-29(20-5-4-12-24-26-20)16-22(31-21)10-8-17(9-11-22)15-23-18-6-7-19(27-25-18)28-13-2-1-3-14-28;;/h4-7,12,17H,1-3,8-11,13-16H2,(H,23,25);2*1H/t17-,22-;;. The van der Waals surface area contributed by atoms with Gasteiger partial charge in [-0.05, 0) is 75.1 Å². The first-order chi connectivity index (χ1) is 15.2. The third-order valence-electron chi connectivity index (χ3n) is 6.72. The number of nitrogens with one attached hydrogen (secondary N) is 1. The van der Waals surface area contributed by atoms with E-state index in [4.69, 9.17) is 4.74 Å². The molecule has 2 aromatic heterocycles. The molecule has 5 rings (SSSR count). The van der Waals surface area contributed by atoms with Gasteiger partial charge in [-0.2, -0.15) is 5.10 Å². The summed E-state index contributed by atoms with van der Waals surface area (Å²) in [7, 11) is 0. The number of carbonyl (C=O) groups excluding carboxylic acids is 1. The van der Waals surface area contributed by atoms with E-state index in [0.717, 1.165) is 57.0 Å². The molecule has 9 nitrogen and oxygen atoms in total. The van der Waals surface area contributed by atoms with Crippen LogP contribution in [0.1, 0.15) is 44.9 Å². The lowest BCUT2D eigenvalue weighted by atomic mass is 9.78. The van der Waals surface area contributed by atoms with Gasteiger partial charge in [-0.1, -0.05) is 0 Å². The number of nitrogens with zero attached hydrogens (tertiary/aromatic N) is 6. The number of anilines is 3. The van der Waals surface area contributed by atoms with Crippen molar-refractivity contribution in [3.63, 3.8) is 0 Å². The smallest absolute Gasteiger partial charge is 0.416 e.